The summed E-state index contributed by atoms with van der Waals surface area (Å²) in [6.07, 6.45) is -2.76. The lowest BCUT2D eigenvalue weighted by atomic mass is 10.1. The van der Waals surface area contributed by atoms with Gasteiger partial charge in [0.05, 0.1) is 32.1 Å². The average molecular weight is 525 g/mol. The Labute approximate surface area is 214 Å². The fourth-order valence-electron chi connectivity index (χ4n) is 4.15. The number of pyridine rings is 2. The van der Waals surface area contributed by atoms with Crippen molar-refractivity contribution in [1.29, 1.82) is 0 Å². The smallest absolute Gasteiger partial charge is 0.490 e. The predicted molar refractivity (Wildman–Crippen MR) is 132 cm³/mol. The molecule has 1 saturated heterocycles. The number of methoxy groups -OCH3 is 1. The van der Waals surface area contributed by atoms with Crippen LogP contribution in [0.25, 0.3) is 11.0 Å². The Morgan fingerprint density at radius 1 is 1.08 bits per heavy atom. The first-order valence-corrected chi connectivity index (χ1v) is 11.6. The van der Waals surface area contributed by atoms with Crippen LogP contribution in [-0.2, 0) is 16.1 Å². The third-order valence-corrected chi connectivity index (χ3v) is 6.05. The Balaban J connectivity index is 1.28. The van der Waals surface area contributed by atoms with Gasteiger partial charge in [0.2, 0.25) is 0 Å². The molecule has 0 unspecified atom stereocenters. The van der Waals surface area contributed by atoms with Gasteiger partial charge in [0, 0.05) is 18.1 Å². The number of anilines is 2. The number of ether oxygens (including phenoxy) is 2. The van der Waals surface area contributed by atoms with E-state index in [9.17, 15) is 22.8 Å². The molecule has 3 aromatic heterocycles. The lowest BCUT2D eigenvalue weighted by molar-refractivity contribution is -0.205. The highest BCUT2D eigenvalue weighted by Crippen LogP contribution is 2.26. The number of fused-ring (bicyclic) bond motifs is 1. The highest BCUT2D eigenvalue weighted by molar-refractivity contribution is 6.06. The number of nitrogens with zero attached hydrogens (tertiary/aromatic N) is 4. The number of nitrogens with one attached hydrogen (secondary N) is 1. The van der Waals surface area contributed by atoms with Crippen LogP contribution in [0.3, 0.4) is 0 Å². The molecule has 38 heavy (non-hydrogen) atoms. The van der Waals surface area contributed by atoms with Gasteiger partial charge in [-0.1, -0.05) is 12.1 Å². The zero-order valence-corrected chi connectivity index (χ0v) is 20.1. The van der Waals surface area contributed by atoms with Crippen LogP contribution in [0.4, 0.5) is 24.7 Å². The lowest BCUT2D eigenvalue weighted by Gasteiger charge is -2.39. The molecule has 196 valence electrons. The van der Waals surface area contributed by atoms with Crippen LogP contribution in [0.1, 0.15) is 16.1 Å². The van der Waals surface area contributed by atoms with E-state index in [2.05, 4.69) is 20.0 Å². The summed E-state index contributed by atoms with van der Waals surface area (Å²) in [6, 6.07) is 16.3. The molecule has 1 N–H and O–H groups in total. The van der Waals surface area contributed by atoms with Gasteiger partial charge in [-0.05, 0) is 48.0 Å². The number of halogens is 3. The second kappa shape index (κ2) is 10.0. The minimum absolute atomic E-state index is 0.0951. The summed E-state index contributed by atoms with van der Waals surface area (Å²) in [7, 11) is 1.59. The van der Waals surface area contributed by atoms with Crippen molar-refractivity contribution in [2.45, 2.75) is 18.8 Å². The summed E-state index contributed by atoms with van der Waals surface area (Å²) in [4.78, 5) is 34.6. The molecule has 9 nitrogen and oxygen atoms in total. The maximum Gasteiger partial charge on any atom is 0.490 e. The van der Waals surface area contributed by atoms with Crippen molar-refractivity contribution in [2.24, 2.45) is 0 Å². The third-order valence-electron chi connectivity index (χ3n) is 6.05. The van der Waals surface area contributed by atoms with Crippen LogP contribution in [0.5, 0.6) is 5.75 Å². The summed E-state index contributed by atoms with van der Waals surface area (Å²) in [5.41, 5.74) is 2.43. The largest absolute Gasteiger partial charge is 0.497 e. The highest BCUT2D eigenvalue weighted by atomic mass is 19.4. The van der Waals surface area contributed by atoms with Gasteiger partial charge in [-0.3, -0.25) is 4.79 Å². The molecule has 1 amide bonds. The van der Waals surface area contributed by atoms with Crippen molar-refractivity contribution in [3.8, 4) is 5.75 Å². The number of carbonyl (C=O) groups excluding carboxylic acids is 2. The van der Waals surface area contributed by atoms with Crippen LogP contribution >= 0.6 is 0 Å². The normalized spacial score (nSPS) is 13.7. The van der Waals surface area contributed by atoms with E-state index in [0.717, 1.165) is 10.9 Å². The number of benzene rings is 1. The molecule has 4 heterocycles. The zero-order valence-electron chi connectivity index (χ0n) is 20.1. The van der Waals surface area contributed by atoms with Crippen LogP contribution in [0.2, 0.25) is 0 Å². The summed E-state index contributed by atoms with van der Waals surface area (Å²) in [5, 5.41) is 3.65. The van der Waals surface area contributed by atoms with Crippen molar-refractivity contribution >= 4 is 34.4 Å². The van der Waals surface area contributed by atoms with E-state index in [0.29, 0.717) is 35.1 Å². The fourth-order valence-corrected chi connectivity index (χ4v) is 4.15. The maximum atomic E-state index is 13.3. The molecular weight excluding hydrogens is 503 g/mol. The van der Waals surface area contributed by atoms with Gasteiger partial charge in [0.15, 0.2) is 0 Å². The highest BCUT2D eigenvalue weighted by Gasteiger charge is 2.44. The van der Waals surface area contributed by atoms with E-state index < -0.39 is 18.2 Å². The molecule has 12 heteroatoms. The van der Waals surface area contributed by atoms with E-state index >= 15 is 0 Å². The molecule has 4 aromatic rings. The predicted octanol–water partition coefficient (Wildman–Crippen LogP) is 4.03. The fraction of sp³-hybridized carbons (Fsp3) is 0.231. The van der Waals surface area contributed by atoms with Gasteiger partial charge in [-0.2, -0.15) is 13.2 Å². The number of hydrogen-bond donors (Lipinski definition) is 1. The number of rotatable bonds is 7. The summed E-state index contributed by atoms with van der Waals surface area (Å²) in [5.74, 6) is -1.37. The number of esters is 1. The quantitative estimate of drug-likeness (QED) is 0.364. The van der Waals surface area contributed by atoms with Crippen molar-refractivity contribution < 1.29 is 32.2 Å². The van der Waals surface area contributed by atoms with E-state index in [1.165, 1.54) is 6.20 Å². The standard InChI is InChI=1S/C26H22F3N5O4/c1-37-19-6-2-4-16(10-19)13-34-21(11-17-5-3-9-30-23(17)34)24(35)32-18-7-8-22(31-12-18)33-14-20(15-33)38-25(36)26(27,28)29/h2-12,20H,13-15H2,1H3,(H,32,35). The van der Waals surface area contributed by atoms with Crippen molar-refractivity contribution in [3.05, 3.63) is 78.2 Å². The van der Waals surface area contributed by atoms with E-state index in [-0.39, 0.29) is 19.0 Å². The summed E-state index contributed by atoms with van der Waals surface area (Å²) < 4.78 is 48.6. The maximum absolute atomic E-state index is 13.3. The zero-order chi connectivity index (χ0) is 26.9. The molecule has 0 saturated carbocycles. The van der Waals surface area contributed by atoms with Gasteiger partial charge in [-0.15, -0.1) is 0 Å². The molecule has 0 bridgehead atoms. The Hall–Kier alpha value is -4.61. The van der Waals surface area contributed by atoms with Crippen LogP contribution < -0.4 is 15.0 Å². The summed E-state index contributed by atoms with van der Waals surface area (Å²) >= 11 is 0. The minimum atomic E-state index is -5.02. The van der Waals surface area contributed by atoms with Gasteiger partial charge < -0.3 is 24.3 Å². The van der Waals surface area contributed by atoms with Gasteiger partial charge >= 0.3 is 12.1 Å². The van der Waals surface area contributed by atoms with Crippen molar-refractivity contribution in [2.75, 3.05) is 30.4 Å². The third kappa shape index (κ3) is 5.24. The molecular formula is C26H22F3N5O4. The van der Waals surface area contributed by atoms with Gasteiger partial charge in [0.25, 0.3) is 5.91 Å². The molecule has 0 radical (unpaired) electrons. The van der Waals surface area contributed by atoms with E-state index in [1.54, 1.807) is 42.5 Å². The van der Waals surface area contributed by atoms with Crippen LogP contribution in [-0.4, -0.2) is 58.9 Å². The van der Waals surface area contributed by atoms with E-state index in [1.807, 2.05) is 34.9 Å². The molecule has 1 aliphatic heterocycles. The molecule has 0 atom stereocenters. The SMILES string of the molecule is COc1cccc(Cn2c(C(=O)Nc3ccc(N4CC(OC(=O)C(F)(F)F)C4)nc3)cc3cccnc32)c1. The second-order valence-corrected chi connectivity index (χ2v) is 8.67. The Bertz CT molecular complexity index is 1480. The minimum Gasteiger partial charge on any atom is -0.497 e. The monoisotopic (exact) mass is 525 g/mol. The first-order valence-electron chi connectivity index (χ1n) is 11.6. The molecule has 1 aromatic carbocycles. The molecule has 1 fully saturated rings. The van der Waals surface area contributed by atoms with E-state index in [4.69, 9.17) is 4.74 Å². The second-order valence-electron chi connectivity index (χ2n) is 8.67. The Morgan fingerprint density at radius 2 is 1.89 bits per heavy atom. The number of aromatic nitrogens is 3. The van der Waals surface area contributed by atoms with Gasteiger partial charge in [0.1, 0.15) is 29.0 Å². The van der Waals surface area contributed by atoms with Crippen LogP contribution in [0, 0.1) is 0 Å². The lowest BCUT2D eigenvalue weighted by Crippen LogP contribution is -2.54. The molecule has 0 aliphatic carbocycles. The number of carbonyl (C=O) groups is 2. The first kappa shape index (κ1) is 25.1. The molecule has 1 aliphatic rings. The Morgan fingerprint density at radius 3 is 2.61 bits per heavy atom. The molecule has 0 spiro atoms. The molecule has 5 rings (SSSR count). The number of alkyl halides is 3. The number of hydrogen-bond acceptors (Lipinski definition) is 7. The topological polar surface area (TPSA) is 98.6 Å². The van der Waals surface area contributed by atoms with Crippen LogP contribution in [0.15, 0.2) is 67.0 Å². The Kier molecular flexibility index (Phi) is 6.62. The average Bonchev–Trinajstić information content (AvgIpc) is 3.24. The first-order chi connectivity index (χ1) is 18.2. The number of amides is 1. The summed E-state index contributed by atoms with van der Waals surface area (Å²) in [6.45, 7) is 0.586. The van der Waals surface area contributed by atoms with Gasteiger partial charge in [-0.25, -0.2) is 14.8 Å². The van der Waals surface area contributed by atoms with Crippen molar-refractivity contribution in [1.82, 2.24) is 14.5 Å². The van der Waals surface area contributed by atoms with Crippen molar-refractivity contribution in [3.63, 3.8) is 0 Å².